The van der Waals surface area contributed by atoms with Gasteiger partial charge in [0, 0.05) is 18.8 Å². The molecule has 1 aromatic heterocycles. The summed E-state index contributed by atoms with van der Waals surface area (Å²) in [5, 5.41) is 17.5. The largest absolute Gasteiger partial charge is 0.508 e. The zero-order valence-electron chi connectivity index (χ0n) is 11.8. The molecule has 0 saturated heterocycles. The molecule has 0 saturated carbocycles. The standard InChI is InChI=1S/C16H21N3O/c1-12-10-18-19(11-12)8-7-17-16-4-2-3-13-9-14(20)5-6-15(13)16/h5-6,9-11,16-17,20H,2-4,7-8H2,1H3. The van der Waals surface area contributed by atoms with E-state index in [1.165, 1.54) is 23.1 Å². The van der Waals surface area contributed by atoms with Crippen LogP contribution in [-0.2, 0) is 13.0 Å². The van der Waals surface area contributed by atoms with Crippen molar-refractivity contribution in [2.24, 2.45) is 0 Å². The molecule has 0 spiro atoms. The van der Waals surface area contributed by atoms with Gasteiger partial charge in [-0.05, 0) is 55.0 Å². The number of hydrogen-bond donors (Lipinski definition) is 2. The molecule has 2 aromatic rings. The second kappa shape index (κ2) is 5.67. The Kier molecular flexibility index (Phi) is 3.74. The van der Waals surface area contributed by atoms with Crippen LogP contribution in [0.1, 0.15) is 35.6 Å². The zero-order chi connectivity index (χ0) is 13.9. The van der Waals surface area contributed by atoms with Crippen LogP contribution in [-0.4, -0.2) is 21.4 Å². The van der Waals surface area contributed by atoms with Crippen LogP contribution in [0, 0.1) is 6.92 Å². The highest BCUT2D eigenvalue weighted by Gasteiger charge is 2.19. The molecule has 0 bridgehead atoms. The van der Waals surface area contributed by atoms with Gasteiger partial charge in [0.25, 0.3) is 0 Å². The van der Waals surface area contributed by atoms with E-state index in [9.17, 15) is 5.11 Å². The normalized spacial score (nSPS) is 17.9. The maximum atomic E-state index is 9.57. The molecule has 1 heterocycles. The van der Waals surface area contributed by atoms with Crippen molar-refractivity contribution in [3.05, 3.63) is 47.3 Å². The molecule has 106 valence electrons. The number of aryl methyl sites for hydroxylation is 2. The lowest BCUT2D eigenvalue weighted by Crippen LogP contribution is -2.28. The van der Waals surface area contributed by atoms with Gasteiger partial charge in [-0.3, -0.25) is 4.68 Å². The molecule has 1 aliphatic rings. The van der Waals surface area contributed by atoms with Gasteiger partial charge >= 0.3 is 0 Å². The van der Waals surface area contributed by atoms with E-state index in [2.05, 4.69) is 29.6 Å². The van der Waals surface area contributed by atoms with Gasteiger partial charge < -0.3 is 10.4 Å². The Bertz CT molecular complexity index is 591. The molecule has 0 aliphatic heterocycles. The molecular weight excluding hydrogens is 250 g/mol. The fourth-order valence-electron chi connectivity index (χ4n) is 2.96. The first kappa shape index (κ1) is 13.2. The van der Waals surface area contributed by atoms with Crippen molar-refractivity contribution in [2.75, 3.05) is 6.54 Å². The highest BCUT2D eigenvalue weighted by molar-refractivity contribution is 5.38. The van der Waals surface area contributed by atoms with Gasteiger partial charge in [0.2, 0.25) is 0 Å². The topological polar surface area (TPSA) is 50.1 Å². The minimum absolute atomic E-state index is 0.372. The SMILES string of the molecule is Cc1cnn(CCNC2CCCc3cc(O)ccc32)c1. The smallest absolute Gasteiger partial charge is 0.115 e. The van der Waals surface area contributed by atoms with Crippen molar-refractivity contribution in [1.29, 1.82) is 0 Å². The van der Waals surface area contributed by atoms with E-state index in [1.807, 2.05) is 16.9 Å². The molecule has 2 N–H and O–H groups in total. The van der Waals surface area contributed by atoms with Crippen molar-refractivity contribution >= 4 is 0 Å². The second-order valence-corrected chi connectivity index (χ2v) is 5.56. The number of fused-ring (bicyclic) bond motifs is 1. The van der Waals surface area contributed by atoms with Crippen molar-refractivity contribution in [2.45, 2.75) is 38.8 Å². The van der Waals surface area contributed by atoms with Crippen LogP contribution in [0.2, 0.25) is 0 Å². The van der Waals surface area contributed by atoms with Gasteiger partial charge in [-0.2, -0.15) is 5.10 Å². The summed E-state index contributed by atoms with van der Waals surface area (Å²) in [6, 6.07) is 6.14. The van der Waals surface area contributed by atoms with Gasteiger partial charge in [0.1, 0.15) is 5.75 Å². The predicted octanol–water partition coefficient (Wildman–Crippen LogP) is 2.56. The molecule has 1 aliphatic carbocycles. The maximum Gasteiger partial charge on any atom is 0.115 e. The maximum absolute atomic E-state index is 9.57. The van der Waals surface area contributed by atoms with E-state index in [1.54, 1.807) is 6.07 Å². The molecule has 0 fully saturated rings. The van der Waals surface area contributed by atoms with Crippen molar-refractivity contribution < 1.29 is 5.11 Å². The lowest BCUT2D eigenvalue weighted by molar-refractivity contribution is 0.433. The first-order valence-electron chi connectivity index (χ1n) is 7.26. The monoisotopic (exact) mass is 271 g/mol. The van der Waals surface area contributed by atoms with Crippen LogP contribution < -0.4 is 5.32 Å². The van der Waals surface area contributed by atoms with E-state index in [0.29, 0.717) is 11.8 Å². The van der Waals surface area contributed by atoms with E-state index >= 15 is 0 Å². The number of phenolic OH excluding ortho intramolecular Hbond substituents is 1. The number of aromatic hydroxyl groups is 1. The number of rotatable bonds is 4. The van der Waals surface area contributed by atoms with E-state index in [4.69, 9.17) is 0 Å². The first-order chi connectivity index (χ1) is 9.72. The van der Waals surface area contributed by atoms with E-state index in [0.717, 1.165) is 25.9 Å². The number of nitrogens with one attached hydrogen (secondary N) is 1. The van der Waals surface area contributed by atoms with E-state index in [-0.39, 0.29) is 0 Å². The Balaban J connectivity index is 1.61. The van der Waals surface area contributed by atoms with Gasteiger partial charge in [0.05, 0.1) is 12.7 Å². The molecule has 3 rings (SSSR count). The van der Waals surface area contributed by atoms with Gasteiger partial charge in [-0.1, -0.05) is 6.07 Å². The lowest BCUT2D eigenvalue weighted by Gasteiger charge is -2.26. The number of aromatic nitrogens is 2. The van der Waals surface area contributed by atoms with Crippen molar-refractivity contribution in [3.63, 3.8) is 0 Å². The number of hydrogen-bond acceptors (Lipinski definition) is 3. The van der Waals surface area contributed by atoms with Crippen molar-refractivity contribution in [1.82, 2.24) is 15.1 Å². The van der Waals surface area contributed by atoms with Crippen LogP contribution in [0.15, 0.2) is 30.6 Å². The van der Waals surface area contributed by atoms with Crippen LogP contribution in [0.4, 0.5) is 0 Å². The fourth-order valence-corrected chi connectivity index (χ4v) is 2.96. The molecule has 20 heavy (non-hydrogen) atoms. The van der Waals surface area contributed by atoms with Gasteiger partial charge in [-0.25, -0.2) is 0 Å². The zero-order valence-corrected chi connectivity index (χ0v) is 11.8. The summed E-state index contributed by atoms with van der Waals surface area (Å²) >= 11 is 0. The Hall–Kier alpha value is -1.81. The Labute approximate surface area is 119 Å². The molecular formula is C16H21N3O. The average Bonchev–Trinajstić information content (AvgIpc) is 2.84. The fraction of sp³-hybridized carbons (Fsp3) is 0.438. The van der Waals surface area contributed by atoms with Crippen LogP contribution in [0.5, 0.6) is 5.75 Å². The second-order valence-electron chi connectivity index (χ2n) is 5.56. The number of benzene rings is 1. The van der Waals surface area contributed by atoms with Crippen LogP contribution in [0.3, 0.4) is 0 Å². The van der Waals surface area contributed by atoms with Crippen LogP contribution >= 0.6 is 0 Å². The third-order valence-corrected chi connectivity index (χ3v) is 3.93. The number of nitrogens with zero attached hydrogens (tertiary/aromatic N) is 2. The summed E-state index contributed by atoms with van der Waals surface area (Å²) < 4.78 is 1.98. The first-order valence-corrected chi connectivity index (χ1v) is 7.26. The molecule has 4 heteroatoms. The lowest BCUT2D eigenvalue weighted by atomic mass is 9.87. The quantitative estimate of drug-likeness (QED) is 0.898. The highest BCUT2D eigenvalue weighted by Crippen LogP contribution is 2.31. The number of phenols is 1. The van der Waals surface area contributed by atoms with Crippen molar-refractivity contribution in [3.8, 4) is 5.75 Å². The molecule has 0 amide bonds. The highest BCUT2D eigenvalue weighted by atomic mass is 16.3. The summed E-state index contributed by atoms with van der Waals surface area (Å²) in [5.74, 6) is 0.372. The molecule has 0 radical (unpaired) electrons. The summed E-state index contributed by atoms with van der Waals surface area (Å²) in [4.78, 5) is 0. The molecule has 1 aromatic carbocycles. The van der Waals surface area contributed by atoms with Gasteiger partial charge in [-0.15, -0.1) is 0 Å². The molecule has 1 atom stereocenters. The molecule has 1 unspecified atom stereocenters. The molecule has 4 nitrogen and oxygen atoms in total. The summed E-state index contributed by atoms with van der Waals surface area (Å²) in [6.45, 7) is 3.85. The third-order valence-electron chi connectivity index (χ3n) is 3.93. The minimum atomic E-state index is 0.372. The third kappa shape index (κ3) is 2.85. The minimum Gasteiger partial charge on any atom is -0.508 e. The summed E-state index contributed by atoms with van der Waals surface area (Å²) in [6.07, 6.45) is 7.36. The predicted molar refractivity (Wildman–Crippen MR) is 78.8 cm³/mol. The Morgan fingerprint density at radius 1 is 1.45 bits per heavy atom. The summed E-state index contributed by atoms with van der Waals surface area (Å²) in [5.41, 5.74) is 3.82. The Morgan fingerprint density at radius 3 is 3.15 bits per heavy atom. The van der Waals surface area contributed by atoms with Crippen LogP contribution in [0.25, 0.3) is 0 Å². The van der Waals surface area contributed by atoms with Gasteiger partial charge in [0.15, 0.2) is 0 Å². The summed E-state index contributed by atoms with van der Waals surface area (Å²) in [7, 11) is 0. The van der Waals surface area contributed by atoms with E-state index < -0.39 is 0 Å². The average molecular weight is 271 g/mol. The Morgan fingerprint density at radius 2 is 2.35 bits per heavy atom.